The Bertz CT molecular complexity index is 595. The second-order valence-corrected chi connectivity index (χ2v) is 4.98. The Kier molecular flexibility index (Phi) is 2.99. The first-order chi connectivity index (χ1) is 9.28. The summed E-state index contributed by atoms with van der Waals surface area (Å²) in [5, 5.41) is 0. The first-order valence-electron chi connectivity index (χ1n) is 6.40. The molecule has 0 aliphatic carbocycles. The predicted octanol–water partition coefficient (Wildman–Crippen LogP) is 2.62. The van der Waals surface area contributed by atoms with Crippen LogP contribution in [-0.4, -0.2) is 22.8 Å². The summed E-state index contributed by atoms with van der Waals surface area (Å²) in [6, 6.07) is 8.34. The maximum absolute atomic E-state index is 10.7. The number of carbonyl (C=O) groups is 1. The van der Waals surface area contributed by atoms with Gasteiger partial charge in [-0.3, -0.25) is 4.79 Å². The summed E-state index contributed by atoms with van der Waals surface area (Å²) < 4.78 is 0. The van der Waals surface area contributed by atoms with Crippen LogP contribution < -0.4 is 4.90 Å². The average molecular weight is 253 g/mol. The van der Waals surface area contributed by atoms with Gasteiger partial charge in [-0.15, -0.1) is 0 Å². The quantitative estimate of drug-likeness (QED) is 0.772. The normalized spacial score (nSPS) is 17.9. The van der Waals surface area contributed by atoms with E-state index >= 15 is 0 Å². The molecule has 2 aromatic rings. The molecule has 0 N–H and O–H groups in total. The highest BCUT2D eigenvalue weighted by molar-refractivity contribution is 5.74. The van der Waals surface area contributed by atoms with Crippen molar-refractivity contribution in [2.45, 2.75) is 13.3 Å². The van der Waals surface area contributed by atoms with Crippen molar-refractivity contribution in [1.29, 1.82) is 0 Å². The van der Waals surface area contributed by atoms with Gasteiger partial charge in [0.2, 0.25) is 5.95 Å². The number of anilines is 2. The molecule has 0 radical (unpaired) electrons. The minimum atomic E-state index is 0.502. The van der Waals surface area contributed by atoms with Gasteiger partial charge in [-0.2, -0.15) is 0 Å². The Hall–Kier alpha value is -2.23. The third-order valence-electron chi connectivity index (χ3n) is 3.38. The number of carbonyl (C=O) groups excluding carboxylic acids is 1. The van der Waals surface area contributed by atoms with Gasteiger partial charge < -0.3 is 4.90 Å². The fraction of sp³-hybridized carbons (Fsp3) is 0.267. The topological polar surface area (TPSA) is 46.1 Å². The van der Waals surface area contributed by atoms with Gasteiger partial charge in [-0.25, -0.2) is 9.97 Å². The summed E-state index contributed by atoms with van der Waals surface area (Å²) in [6.07, 6.45) is 4.98. The van der Waals surface area contributed by atoms with Crippen molar-refractivity contribution in [3.8, 4) is 0 Å². The fourth-order valence-electron chi connectivity index (χ4n) is 2.52. The number of aromatic nitrogens is 2. The van der Waals surface area contributed by atoms with Crippen molar-refractivity contribution in [2.75, 3.05) is 11.4 Å². The first kappa shape index (κ1) is 11.8. The maximum atomic E-state index is 10.7. The molecular weight excluding hydrogens is 238 g/mol. The number of hydrogen-bond donors (Lipinski definition) is 0. The predicted molar refractivity (Wildman–Crippen MR) is 73.7 cm³/mol. The third kappa shape index (κ3) is 2.21. The first-order valence-corrected chi connectivity index (χ1v) is 6.40. The molecule has 0 saturated heterocycles. The van der Waals surface area contributed by atoms with E-state index in [-0.39, 0.29) is 0 Å². The summed E-state index contributed by atoms with van der Waals surface area (Å²) in [5.74, 6) is 1.22. The van der Waals surface area contributed by atoms with Crippen LogP contribution in [0.5, 0.6) is 0 Å². The Balaban J connectivity index is 2.02. The summed E-state index contributed by atoms with van der Waals surface area (Å²) in [6.45, 7) is 3.13. The van der Waals surface area contributed by atoms with Crippen LogP contribution in [0, 0.1) is 5.92 Å². The number of para-hydroxylation sites is 1. The van der Waals surface area contributed by atoms with Crippen molar-refractivity contribution >= 4 is 17.9 Å². The molecule has 2 heterocycles. The highest BCUT2D eigenvalue weighted by Crippen LogP contribution is 2.33. The molecular formula is C15H15N3O. The lowest BCUT2D eigenvalue weighted by Crippen LogP contribution is -2.31. The molecule has 1 unspecified atom stereocenters. The Morgan fingerprint density at radius 1 is 1.26 bits per heavy atom. The number of hydrogen-bond acceptors (Lipinski definition) is 4. The zero-order valence-corrected chi connectivity index (χ0v) is 10.8. The van der Waals surface area contributed by atoms with Crippen molar-refractivity contribution in [3.63, 3.8) is 0 Å². The Morgan fingerprint density at radius 2 is 2.00 bits per heavy atom. The van der Waals surface area contributed by atoms with Crippen molar-refractivity contribution in [1.82, 2.24) is 9.97 Å². The summed E-state index contributed by atoms with van der Waals surface area (Å²) >= 11 is 0. The summed E-state index contributed by atoms with van der Waals surface area (Å²) in [4.78, 5) is 21.4. The van der Waals surface area contributed by atoms with Crippen molar-refractivity contribution in [2.24, 2.45) is 5.92 Å². The molecule has 3 rings (SSSR count). The van der Waals surface area contributed by atoms with Gasteiger partial charge >= 0.3 is 0 Å². The molecule has 4 heteroatoms. The number of aldehydes is 1. The van der Waals surface area contributed by atoms with E-state index in [1.165, 1.54) is 11.3 Å². The average Bonchev–Trinajstić information content (AvgIpc) is 2.46. The molecule has 1 aromatic heterocycles. The van der Waals surface area contributed by atoms with Gasteiger partial charge in [-0.1, -0.05) is 25.1 Å². The third-order valence-corrected chi connectivity index (χ3v) is 3.38. The summed E-state index contributed by atoms with van der Waals surface area (Å²) in [5.41, 5.74) is 2.99. The summed E-state index contributed by atoms with van der Waals surface area (Å²) in [7, 11) is 0. The van der Waals surface area contributed by atoms with Crippen LogP contribution in [-0.2, 0) is 6.42 Å². The Labute approximate surface area is 112 Å². The van der Waals surface area contributed by atoms with E-state index in [4.69, 9.17) is 0 Å². The van der Waals surface area contributed by atoms with E-state index in [2.05, 4.69) is 40.0 Å². The highest BCUT2D eigenvalue weighted by Gasteiger charge is 2.23. The van der Waals surface area contributed by atoms with E-state index in [1.54, 1.807) is 12.4 Å². The van der Waals surface area contributed by atoms with E-state index in [0.29, 0.717) is 17.4 Å². The van der Waals surface area contributed by atoms with Gasteiger partial charge in [0, 0.05) is 24.6 Å². The van der Waals surface area contributed by atoms with Crippen LogP contribution in [0.15, 0.2) is 36.7 Å². The second kappa shape index (κ2) is 4.80. The van der Waals surface area contributed by atoms with Gasteiger partial charge in [0.25, 0.3) is 0 Å². The molecule has 19 heavy (non-hydrogen) atoms. The molecule has 1 aliphatic heterocycles. The molecule has 1 atom stereocenters. The molecule has 1 aliphatic rings. The highest BCUT2D eigenvalue weighted by atomic mass is 16.1. The number of fused-ring (bicyclic) bond motifs is 1. The number of rotatable bonds is 2. The van der Waals surface area contributed by atoms with E-state index < -0.39 is 0 Å². The maximum Gasteiger partial charge on any atom is 0.229 e. The van der Waals surface area contributed by atoms with E-state index in [1.807, 2.05) is 6.07 Å². The van der Waals surface area contributed by atoms with Crippen LogP contribution in [0.25, 0.3) is 0 Å². The fourth-order valence-corrected chi connectivity index (χ4v) is 2.52. The smallest absolute Gasteiger partial charge is 0.229 e. The minimum absolute atomic E-state index is 0.502. The molecule has 4 nitrogen and oxygen atoms in total. The molecule has 0 spiro atoms. The number of benzene rings is 1. The lowest BCUT2D eigenvalue weighted by Gasteiger charge is -2.33. The van der Waals surface area contributed by atoms with Gasteiger partial charge in [0.15, 0.2) is 6.29 Å². The van der Waals surface area contributed by atoms with Crippen LogP contribution in [0.2, 0.25) is 0 Å². The van der Waals surface area contributed by atoms with Gasteiger partial charge in [0.1, 0.15) is 0 Å². The number of nitrogens with zero attached hydrogens (tertiary/aromatic N) is 3. The van der Waals surface area contributed by atoms with Crippen LogP contribution in [0.1, 0.15) is 22.8 Å². The van der Waals surface area contributed by atoms with E-state index in [9.17, 15) is 4.79 Å². The van der Waals surface area contributed by atoms with Crippen LogP contribution >= 0.6 is 0 Å². The molecule has 0 saturated carbocycles. The molecule has 0 fully saturated rings. The molecule has 0 bridgehead atoms. The lowest BCUT2D eigenvalue weighted by molar-refractivity contribution is 0.112. The zero-order valence-electron chi connectivity index (χ0n) is 10.8. The standard InChI is InChI=1S/C15H15N3O/c1-11-6-13-4-2-3-5-14(13)18(9-11)15-16-7-12(10-19)8-17-15/h2-5,7-8,10-11H,6,9H2,1H3. The largest absolute Gasteiger partial charge is 0.310 e. The van der Waals surface area contributed by atoms with Gasteiger partial charge in [0.05, 0.1) is 5.56 Å². The monoisotopic (exact) mass is 253 g/mol. The molecule has 96 valence electrons. The van der Waals surface area contributed by atoms with Crippen molar-refractivity contribution in [3.05, 3.63) is 47.8 Å². The van der Waals surface area contributed by atoms with Crippen LogP contribution in [0.3, 0.4) is 0 Å². The minimum Gasteiger partial charge on any atom is -0.310 e. The molecule has 0 amide bonds. The second-order valence-electron chi connectivity index (χ2n) is 4.98. The zero-order chi connectivity index (χ0) is 13.2. The lowest BCUT2D eigenvalue weighted by atomic mass is 9.94. The SMILES string of the molecule is CC1Cc2ccccc2N(c2ncc(C=O)cn2)C1. The van der Waals surface area contributed by atoms with Crippen LogP contribution in [0.4, 0.5) is 11.6 Å². The molecule has 1 aromatic carbocycles. The van der Waals surface area contributed by atoms with E-state index in [0.717, 1.165) is 19.3 Å². The van der Waals surface area contributed by atoms with Crippen molar-refractivity contribution < 1.29 is 4.79 Å². The van der Waals surface area contributed by atoms with Gasteiger partial charge in [-0.05, 0) is 24.0 Å². The Morgan fingerprint density at radius 3 is 2.74 bits per heavy atom.